The van der Waals surface area contributed by atoms with E-state index in [1.165, 1.54) is 39.2 Å². The third kappa shape index (κ3) is 9.26. The summed E-state index contributed by atoms with van der Waals surface area (Å²) in [6, 6.07) is 2.53. The minimum Gasteiger partial charge on any atom is -0.507 e. The first-order valence-corrected chi connectivity index (χ1v) is 21.0. The number of unbranched alkanes of at least 4 members (excludes halogenated alkanes) is 3. The Labute approximate surface area is 365 Å². The molecule has 9 unspecified atom stereocenters. The molecule has 2 aromatic rings. The molecule has 0 spiro atoms. The summed E-state index contributed by atoms with van der Waals surface area (Å²) in [5, 5.41) is 49.1. The van der Waals surface area contributed by atoms with Crippen molar-refractivity contribution in [3.63, 3.8) is 0 Å². The number of amides is 1. The molecule has 2 aliphatic heterocycles. The highest BCUT2D eigenvalue weighted by molar-refractivity contribution is 6.31. The molecule has 0 radical (unpaired) electrons. The van der Waals surface area contributed by atoms with E-state index in [2.05, 4.69) is 0 Å². The normalized spacial score (nSPS) is 30.1. The molecule has 20 heteroatoms. The average molecular weight is 908 g/mol. The molecule has 64 heavy (non-hydrogen) atoms. The maximum atomic E-state index is 14.1. The van der Waals surface area contributed by atoms with Gasteiger partial charge in [0.25, 0.3) is 0 Å². The Morgan fingerprint density at radius 1 is 0.922 bits per heavy atom. The number of nitrogens with one attached hydrogen (secondary N) is 1. The number of hydrogen-bond donors (Lipinski definition) is 5. The lowest BCUT2D eigenvalue weighted by atomic mass is 9.71. The number of aliphatic hydroxyl groups is 2. The maximum Gasteiger partial charge on any atom is 0.471 e. The number of carbonyl (C=O) groups is 6. The largest absolute Gasteiger partial charge is 0.507 e. The summed E-state index contributed by atoms with van der Waals surface area (Å²) in [4.78, 5) is 79.0. The molecule has 6 rings (SSSR count). The Morgan fingerprint density at radius 3 is 2.22 bits per heavy atom. The fourth-order valence-corrected chi connectivity index (χ4v) is 9.23. The lowest BCUT2D eigenvalue weighted by Crippen LogP contribution is -2.63. The molecule has 17 nitrogen and oxygen atoms in total. The summed E-state index contributed by atoms with van der Waals surface area (Å²) >= 11 is 0. The molecule has 11 atom stereocenters. The number of aliphatic hydroxyl groups excluding tert-OH is 1. The van der Waals surface area contributed by atoms with Crippen molar-refractivity contribution in [2.24, 2.45) is 5.92 Å². The quantitative estimate of drug-likeness (QED) is 0.0872. The van der Waals surface area contributed by atoms with Crippen molar-refractivity contribution in [2.45, 2.75) is 153 Å². The van der Waals surface area contributed by atoms with Gasteiger partial charge in [-0.15, -0.1) is 0 Å². The number of phenols is 2. The molecular weight excluding hydrogens is 855 g/mol. The number of methoxy groups -OCH3 is 1. The van der Waals surface area contributed by atoms with Crippen LogP contribution in [0.5, 0.6) is 17.2 Å². The van der Waals surface area contributed by atoms with Crippen LogP contribution >= 0.6 is 0 Å². The Morgan fingerprint density at radius 2 is 1.59 bits per heavy atom. The third-order valence-corrected chi connectivity index (χ3v) is 12.3. The van der Waals surface area contributed by atoms with E-state index >= 15 is 0 Å². The van der Waals surface area contributed by atoms with Crippen LogP contribution in [0.15, 0.2) is 18.2 Å². The van der Waals surface area contributed by atoms with Gasteiger partial charge >= 0.3 is 18.1 Å². The Balaban J connectivity index is 1.38. The second kappa shape index (κ2) is 18.9. The van der Waals surface area contributed by atoms with E-state index in [0.29, 0.717) is 12.8 Å². The first-order chi connectivity index (χ1) is 30.0. The van der Waals surface area contributed by atoms with Gasteiger partial charge < -0.3 is 54.2 Å². The number of alkyl halides is 3. The van der Waals surface area contributed by atoms with E-state index in [-0.39, 0.29) is 34.4 Å². The van der Waals surface area contributed by atoms with Gasteiger partial charge in [-0.05, 0) is 33.3 Å². The zero-order valence-electron chi connectivity index (χ0n) is 36.0. The van der Waals surface area contributed by atoms with Crippen molar-refractivity contribution in [1.29, 1.82) is 0 Å². The van der Waals surface area contributed by atoms with Crippen LogP contribution in [0.3, 0.4) is 0 Å². The van der Waals surface area contributed by atoms with Gasteiger partial charge in [0.1, 0.15) is 46.9 Å². The van der Waals surface area contributed by atoms with Crippen LogP contribution in [-0.2, 0) is 49.3 Å². The lowest BCUT2D eigenvalue weighted by molar-refractivity contribution is -0.322. The van der Waals surface area contributed by atoms with Crippen molar-refractivity contribution in [3.05, 3.63) is 51.6 Å². The number of phenolic OH excluding ortho intramolecular Hbond substituents is 2. The fraction of sp³-hybridized carbons (Fsp3) is 0.591. The van der Waals surface area contributed by atoms with Gasteiger partial charge in [0, 0.05) is 49.3 Å². The molecule has 0 saturated carbocycles. The van der Waals surface area contributed by atoms with Crippen molar-refractivity contribution in [3.8, 4) is 17.2 Å². The molecular formula is C44H52F3NO16. The van der Waals surface area contributed by atoms with Crippen LogP contribution in [-0.4, -0.2) is 123 Å². The highest BCUT2D eigenvalue weighted by Crippen LogP contribution is 2.53. The molecule has 1 amide bonds. The van der Waals surface area contributed by atoms with E-state index in [9.17, 15) is 62.4 Å². The predicted molar refractivity (Wildman–Crippen MR) is 212 cm³/mol. The van der Waals surface area contributed by atoms with Gasteiger partial charge in [0.15, 0.2) is 24.1 Å². The number of halogens is 3. The second-order valence-corrected chi connectivity index (χ2v) is 16.7. The van der Waals surface area contributed by atoms with Gasteiger partial charge in [0.05, 0.1) is 54.1 Å². The second-order valence-electron chi connectivity index (χ2n) is 16.7. The Bertz CT molecular complexity index is 2200. The summed E-state index contributed by atoms with van der Waals surface area (Å²) in [5.41, 5.74) is -4.48. The maximum absolute atomic E-state index is 14.1. The van der Waals surface area contributed by atoms with Gasteiger partial charge in [-0.25, -0.2) is 0 Å². The fourth-order valence-electron chi connectivity index (χ4n) is 9.23. The summed E-state index contributed by atoms with van der Waals surface area (Å²) in [7, 11) is 1.26. The molecule has 2 fully saturated rings. The molecule has 2 aliphatic carbocycles. The molecule has 2 heterocycles. The minimum absolute atomic E-state index is 0.0103. The molecule has 2 aromatic carbocycles. The number of benzene rings is 2. The van der Waals surface area contributed by atoms with Crippen LogP contribution < -0.4 is 10.1 Å². The van der Waals surface area contributed by atoms with E-state index in [0.717, 1.165) is 26.7 Å². The number of hydrogen-bond acceptors (Lipinski definition) is 16. The number of rotatable bonds is 14. The molecule has 5 N–H and O–H groups in total. The summed E-state index contributed by atoms with van der Waals surface area (Å²) in [6.07, 6.45) is -16.8. The number of ether oxygens (including phenoxy) is 6. The molecule has 2 saturated heterocycles. The molecule has 350 valence electrons. The number of esters is 1. The smallest absolute Gasteiger partial charge is 0.471 e. The highest BCUT2D eigenvalue weighted by atomic mass is 19.4. The predicted octanol–water partition coefficient (Wildman–Crippen LogP) is 3.97. The van der Waals surface area contributed by atoms with Crippen LogP contribution in [0.2, 0.25) is 0 Å². The van der Waals surface area contributed by atoms with Crippen molar-refractivity contribution < 1.29 is 90.8 Å². The van der Waals surface area contributed by atoms with Crippen LogP contribution in [0.1, 0.15) is 129 Å². The zero-order valence-corrected chi connectivity index (χ0v) is 36.0. The minimum atomic E-state index is -5.40. The molecule has 0 aromatic heterocycles. The first kappa shape index (κ1) is 48.5. The number of fused-ring (bicyclic) bond motifs is 3. The highest BCUT2D eigenvalue weighted by Gasteiger charge is 2.54. The van der Waals surface area contributed by atoms with Crippen molar-refractivity contribution >= 4 is 35.0 Å². The summed E-state index contributed by atoms with van der Waals surface area (Å²) < 4.78 is 76.1. The van der Waals surface area contributed by atoms with Crippen molar-refractivity contribution in [1.82, 2.24) is 5.32 Å². The van der Waals surface area contributed by atoms with Gasteiger partial charge in [-0.1, -0.05) is 38.3 Å². The number of aromatic hydroxyl groups is 2. The van der Waals surface area contributed by atoms with E-state index < -0.39 is 150 Å². The zero-order chi connectivity index (χ0) is 47.2. The number of Topliss-reactive ketones (excluding diaryl/α,β-unsaturated/α-hetero) is 2. The Kier molecular flexibility index (Phi) is 14.3. The van der Waals surface area contributed by atoms with Crippen molar-refractivity contribution in [2.75, 3.05) is 7.11 Å². The van der Waals surface area contributed by atoms with Crippen LogP contribution in [0, 0.1) is 5.92 Å². The van der Waals surface area contributed by atoms with Gasteiger partial charge in [-0.2, -0.15) is 13.2 Å². The van der Waals surface area contributed by atoms with Gasteiger partial charge in [-0.3, -0.25) is 28.8 Å². The third-order valence-electron chi connectivity index (χ3n) is 12.3. The monoisotopic (exact) mass is 907 g/mol. The number of ketones is 4. The summed E-state index contributed by atoms with van der Waals surface area (Å²) in [6.45, 7) is 6.92. The topological polar surface area (TPSA) is 251 Å². The van der Waals surface area contributed by atoms with E-state index in [4.69, 9.17) is 28.4 Å². The van der Waals surface area contributed by atoms with E-state index in [1.807, 2.05) is 12.2 Å². The first-order valence-electron chi connectivity index (χ1n) is 21.0. The Hall–Kier alpha value is -4.99. The number of carbonyl (C=O) groups excluding carboxylic acids is 6. The lowest BCUT2D eigenvalue weighted by Gasteiger charge is -2.47. The standard InChI is InChI=1S/C44H52F3NO16/c1-7-8-9-10-14-27(51)43(58)16-23-31(37(55)33-32(35(23)53)34(52)22-12-11-13-25(59-6)30(22)36(33)54)26(17-43)63-28-15-24(48-42(57)44(45,46)47)39(19(3)60-28)64-41-38(56)29(18(2)49)40(20(4)61-41)62-21(5)50/h11-13,19-20,24,26,28-29,38-41,53,55-56,58H,7-10,14-17H2,1-6H3,(H,48,57)/t19?,20?,24?,26-,28?,29?,38?,39?,40?,41?,43-/m0/s1. The summed E-state index contributed by atoms with van der Waals surface area (Å²) in [5.74, 6) is -9.29. The molecule has 4 aliphatic rings. The van der Waals surface area contributed by atoms with Gasteiger partial charge in [0.2, 0.25) is 5.78 Å². The van der Waals surface area contributed by atoms with Crippen LogP contribution in [0.25, 0.3) is 0 Å². The SMILES string of the molecule is CCCCCCC(=O)[C@]1(O)Cc2c(O)c3c(c(O)c2[C@@H](OC2CC(NC(=O)C(F)(F)F)C(OC4OC(C)C(OC(C)=O)C(C(C)=O)C4O)C(C)O2)C1)C(=O)c1c(OC)cccc1C3=O. The molecule has 0 bridgehead atoms. The van der Waals surface area contributed by atoms with Crippen LogP contribution in [0.4, 0.5) is 13.2 Å². The average Bonchev–Trinajstić information content (AvgIpc) is 3.21. The van der Waals surface area contributed by atoms with E-state index in [1.54, 1.807) is 0 Å².